The number of aryl methyl sites for hydroxylation is 1. The van der Waals surface area contributed by atoms with Crippen LogP contribution in [-0.2, 0) is 0 Å². The number of H-pyrrole nitrogens is 1. The molecule has 0 saturated heterocycles. The summed E-state index contributed by atoms with van der Waals surface area (Å²) >= 11 is 0. The van der Waals surface area contributed by atoms with Gasteiger partial charge in [0, 0.05) is 17.7 Å². The molecule has 84 valence electrons. The van der Waals surface area contributed by atoms with Gasteiger partial charge in [-0.2, -0.15) is 9.61 Å². The van der Waals surface area contributed by atoms with E-state index in [1.54, 1.807) is 18.3 Å². The molecule has 0 radical (unpaired) electrons. The van der Waals surface area contributed by atoms with Gasteiger partial charge in [-0.05, 0) is 12.5 Å². The van der Waals surface area contributed by atoms with E-state index in [1.807, 2.05) is 31.2 Å². The predicted octanol–water partition coefficient (Wildman–Crippen LogP) is 2.00. The van der Waals surface area contributed by atoms with Crippen LogP contribution in [0.25, 0.3) is 16.9 Å². The van der Waals surface area contributed by atoms with Crippen molar-refractivity contribution in [2.24, 2.45) is 0 Å². The second-order valence-electron chi connectivity index (χ2n) is 3.96. The molecule has 17 heavy (non-hydrogen) atoms. The lowest BCUT2D eigenvalue weighted by molar-refractivity contribution is 0.901. The molecule has 2 heterocycles. The van der Waals surface area contributed by atoms with E-state index in [2.05, 4.69) is 10.1 Å². The molecule has 3 rings (SSSR count). The Labute approximate surface area is 97.5 Å². The molecule has 0 unspecified atom stereocenters. The highest BCUT2D eigenvalue weighted by molar-refractivity contribution is 5.64. The topological polar surface area (TPSA) is 50.2 Å². The summed E-state index contributed by atoms with van der Waals surface area (Å²) in [7, 11) is 0. The predicted molar refractivity (Wildman–Crippen MR) is 66.0 cm³/mol. The Morgan fingerprint density at radius 2 is 2.06 bits per heavy atom. The molecule has 0 aliphatic carbocycles. The van der Waals surface area contributed by atoms with Crippen LogP contribution in [-0.4, -0.2) is 14.6 Å². The standard InChI is InChI=1S/C13H11N3O/c1-9-4-2-3-5-10(9)11-8-13(17)16-12(15-11)6-7-14-16/h2-8,15H,1H3. The van der Waals surface area contributed by atoms with Gasteiger partial charge in [-0.15, -0.1) is 0 Å². The van der Waals surface area contributed by atoms with Gasteiger partial charge in [0.1, 0.15) is 5.65 Å². The maximum absolute atomic E-state index is 11.8. The van der Waals surface area contributed by atoms with Crippen molar-refractivity contribution in [2.45, 2.75) is 6.92 Å². The third-order valence-electron chi connectivity index (χ3n) is 2.82. The largest absolute Gasteiger partial charge is 0.339 e. The third-order valence-corrected chi connectivity index (χ3v) is 2.82. The highest BCUT2D eigenvalue weighted by Crippen LogP contribution is 2.19. The average Bonchev–Trinajstić information content (AvgIpc) is 2.78. The Kier molecular flexibility index (Phi) is 2.08. The number of rotatable bonds is 1. The summed E-state index contributed by atoms with van der Waals surface area (Å²) < 4.78 is 1.35. The number of aromatic nitrogens is 3. The van der Waals surface area contributed by atoms with E-state index in [0.29, 0.717) is 5.65 Å². The summed E-state index contributed by atoms with van der Waals surface area (Å²) in [6.45, 7) is 2.02. The lowest BCUT2D eigenvalue weighted by atomic mass is 10.1. The fourth-order valence-corrected chi connectivity index (χ4v) is 1.95. The third kappa shape index (κ3) is 1.54. The van der Waals surface area contributed by atoms with Crippen LogP contribution in [0.2, 0.25) is 0 Å². The van der Waals surface area contributed by atoms with Gasteiger partial charge in [-0.1, -0.05) is 24.3 Å². The lowest BCUT2D eigenvalue weighted by Gasteiger charge is -2.05. The van der Waals surface area contributed by atoms with Crippen molar-refractivity contribution in [3.63, 3.8) is 0 Å². The van der Waals surface area contributed by atoms with Crippen LogP contribution < -0.4 is 5.56 Å². The first-order valence-electron chi connectivity index (χ1n) is 5.39. The van der Waals surface area contributed by atoms with Gasteiger partial charge in [-0.25, -0.2) is 0 Å². The summed E-state index contributed by atoms with van der Waals surface area (Å²) in [6.07, 6.45) is 1.61. The summed E-state index contributed by atoms with van der Waals surface area (Å²) in [4.78, 5) is 15.0. The molecule has 0 aliphatic heterocycles. The van der Waals surface area contributed by atoms with E-state index in [9.17, 15) is 4.79 Å². The minimum absolute atomic E-state index is 0.123. The van der Waals surface area contributed by atoms with Crippen molar-refractivity contribution in [1.29, 1.82) is 0 Å². The Bertz CT molecular complexity index is 740. The zero-order valence-electron chi connectivity index (χ0n) is 9.34. The monoisotopic (exact) mass is 225 g/mol. The first kappa shape index (κ1) is 9.84. The van der Waals surface area contributed by atoms with Crippen molar-refractivity contribution < 1.29 is 0 Å². The highest BCUT2D eigenvalue weighted by atomic mass is 16.1. The number of hydrogen-bond donors (Lipinski definition) is 1. The number of nitrogens with zero attached hydrogens (tertiary/aromatic N) is 2. The molecule has 3 aromatic rings. The molecule has 0 spiro atoms. The molecule has 0 fully saturated rings. The fourth-order valence-electron chi connectivity index (χ4n) is 1.95. The van der Waals surface area contributed by atoms with E-state index in [-0.39, 0.29) is 5.56 Å². The first-order valence-corrected chi connectivity index (χ1v) is 5.39. The Hall–Kier alpha value is -2.36. The van der Waals surface area contributed by atoms with E-state index in [1.165, 1.54) is 4.52 Å². The summed E-state index contributed by atoms with van der Waals surface area (Å²) in [5.74, 6) is 0. The Morgan fingerprint density at radius 1 is 1.24 bits per heavy atom. The van der Waals surface area contributed by atoms with Gasteiger partial charge >= 0.3 is 0 Å². The quantitative estimate of drug-likeness (QED) is 0.688. The van der Waals surface area contributed by atoms with Gasteiger partial charge in [0.15, 0.2) is 0 Å². The molecule has 1 N–H and O–H groups in total. The van der Waals surface area contributed by atoms with E-state index >= 15 is 0 Å². The van der Waals surface area contributed by atoms with Crippen molar-refractivity contribution in [1.82, 2.24) is 14.6 Å². The number of nitrogens with one attached hydrogen (secondary N) is 1. The van der Waals surface area contributed by atoms with Crippen molar-refractivity contribution in [3.8, 4) is 11.3 Å². The average molecular weight is 225 g/mol. The minimum Gasteiger partial charge on any atom is -0.339 e. The van der Waals surface area contributed by atoms with E-state index < -0.39 is 0 Å². The number of aromatic amines is 1. The Balaban J connectivity index is 2.32. The van der Waals surface area contributed by atoms with Crippen molar-refractivity contribution in [2.75, 3.05) is 0 Å². The maximum Gasteiger partial charge on any atom is 0.274 e. The van der Waals surface area contributed by atoms with E-state index in [0.717, 1.165) is 16.8 Å². The summed E-state index contributed by atoms with van der Waals surface area (Å²) in [5.41, 5.74) is 3.57. The maximum atomic E-state index is 11.8. The first-order chi connectivity index (χ1) is 8.25. The zero-order valence-corrected chi connectivity index (χ0v) is 9.34. The SMILES string of the molecule is Cc1ccccc1-c1cc(=O)n2nccc2[nH]1. The smallest absolute Gasteiger partial charge is 0.274 e. The second-order valence-corrected chi connectivity index (χ2v) is 3.96. The van der Waals surface area contributed by atoms with E-state index in [4.69, 9.17) is 0 Å². The number of benzene rings is 1. The molecule has 1 aromatic carbocycles. The molecule has 0 aliphatic rings. The molecule has 4 nitrogen and oxygen atoms in total. The highest BCUT2D eigenvalue weighted by Gasteiger charge is 2.05. The molecular formula is C13H11N3O. The van der Waals surface area contributed by atoms with Crippen LogP contribution in [0.3, 0.4) is 0 Å². The summed E-state index contributed by atoms with van der Waals surface area (Å²) in [6, 6.07) is 11.3. The normalized spacial score (nSPS) is 10.9. The van der Waals surface area contributed by atoms with Crippen LogP contribution in [0, 0.1) is 6.92 Å². The second kappa shape index (κ2) is 3.59. The van der Waals surface area contributed by atoms with Gasteiger partial charge in [-0.3, -0.25) is 4.79 Å². The fraction of sp³-hybridized carbons (Fsp3) is 0.0769. The molecular weight excluding hydrogens is 214 g/mol. The molecule has 2 aromatic heterocycles. The number of hydrogen-bond acceptors (Lipinski definition) is 2. The van der Waals surface area contributed by atoms with Gasteiger partial charge < -0.3 is 4.98 Å². The zero-order chi connectivity index (χ0) is 11.8. The molecule has 0 bridgehead atoms. The molecule has 0 amide bonds. The molecule has 0 atom stereocenters. The van der Waals surface area contributed by atoms with Crippen LogP contribution in [0.15, 0.2) is 47.4 Å². The van der Waals surface area contributed by atoms with Crippen LogP contribution in [0.4, 0.5) is 0 Å². The van der Waals surface area contributed by atoms with Crippen LogP contribution in [0.5, 0.6) is 0 Å². The van der Waals surface area contributed by atoms with Crippen LogP contribution in [0.1, 0.15) is 5.56 Å². The van der Waals surface area contributed by atoms with Crippen molar-refractivity contribution >= 4 is 5.65 Å². The Morgan fingerprint density at radius 3 is 2.88 bits per heavy atom. The van der Waals surface area contributed by atoms with Gasteiger partial charge in [0.05, 0.1) is 11.9 Å². The van der Waals surface area contributed by atoms with Gasteiger partial charge in [0.25, 0.3) is 5.56 Å². The minimum atomic E-state index is -0.123. The lowest BCUT2D eigenvalue weighted by Crippen LogP contribution is -2.14. The molecule has 0 saturated carbocycles. The van der Waals surface area contributed by atoms with Gasteiger partial charge in [0.2, 0.25) is 0 Å². The van der Waals surface area contributed by atoms with Crippen molar-refractivity contribution in [3.05, 3.63) is 58.5 Å². The molecule has 4 heteroatoms. The number of fused-ring (bicyclic) bond motifs is 1. The summed E-state index contributed by atoms with van der Waals surface area (Å²) in [5, 5.41) is 3.95. The van der Waals surface area contributed by atoms with Crippen LogP contribution >= 0.6 is 0 Å².